The van der Waals surface area contributed by atoms with E-state index in [0.29, 0.717) is 23.1 Å². The van der Waals surface area contributed by atoms with Gasteiger partial charge in [-0.15, -0.1) is 21.5 Å². The molecule has 6 nitrogen and oxygen atoms in total. The van der Waals surface area contributed by atoms with E-state index in [1.807, 2.05) is 17.5 Å². The largest absolute Gasteiger partial charge is 0.484 e. The van der Waals surface area contributed by atoms with Crippen LogP contribution in [0.15, 0.2) is 46.2 Å². The van der Waals surface area contributed by atoms with Crippen molar-refractivity contribution >= 4 is 17.2 Å². The number of aromatic nitrogens is 2. The van der Waals surface area contributed by atoms with Gasteiger partial charge in [-0.1, -0.05) is 6.07 Å². The van der Waals surface area contributed by atoms with Crippen LogP contribution in [0.1, 0.15) is 16.2 Å². The second-order valence-corrected chi connectivity index (χ2v) is 5.10. The molecule has 0 saturated carbocycles. The molecular weight excluding hydrogens is 290 g/mol. The smallest absolute Gasteiger partial charge is 0.257 e. The van der Waals surface area contributed by atoms with E-state index < -0.39 is 5.91 Å². The number of primary amides is 1. The molecule has 106 valence electrons. The second-order valence-electron chi connectivity index (χ2n) is 4.16. The van der Waals surface area contributed by atoms with E-state index in [1.54, 1.807) is 24.3 Å². The van der Waals surface area contributed by atoms with E-state index in [2.05, 4.69) is 10.2 Å². The van der Waals surface area contributed by atoms with Crippen molar-refractivity contribution in [2.45, 2.75) is 6.61 Å². The zero-order valence-corrected chi connectivity index (χ0v) is 11.7. The lowest BCUT2D eigenvalue weighted by atomic mass is 10.2. The number of thiophene rings is 1. The summed E-state index contributed by atoms with van der Waals surface area (Å²) in [5.41, 5.74) is 5.60. The lowest BCUT2D eigenvalue weighted by Gasteiger charge is -2.03. The molecular formula is C14H11N3O3S. The Balaban J connectivity index is 1.64. The Morgan fingerprint density at radius 2 is 2.05 bits per heavy atom. The Morgan fingerprint density at radius 1 is 1.24 bits per heavy atom. The van der Waals surface area contributed by atoms with E-state index in [9.17, 15) is 4.79 Å². The third-order valence-electron chi connectivity index (χ3n) is 2.70. The third kappa shape index (κ3) is 3.09. The molecule has 2 N–H and O–H groups in total. The maximum atomic E-state index is 11.0. The third-order valence-corrected chi connectivity index (χ3v) is 3.56. The van der Waals surface area contributed by atoms with E-state index in [1.165, 1.54) is 11.3 Å². The lowest BCUT2D eigenvalue weighted by Crippen LogP contribution is -2.10. The van der Waals surface area contributed by atoms with Gasteiger partial charge in [0.05, 0.1) is 4.88 Å². The first-order chi connectivity index (χ1) is 10.2. The van der Waals surface area contributed by atoms with Crippen molar-refractivity contribution in [1.82, 2.24) is 10.2 Å². The van der Waals surface area contributed by atoms with Gasteiger partial charge in [-0.25, -0.2) is 0 Å². The molecule has 0 aliphatic carbocycles. The van der Waals surface area contributed by atoms with Crippen LogP contribution in [0.2, 0.25) is 0 Å². The van der Waals surface area contributed by atoms with Crippen molar-refractivity contribution in [2.75, 3.05) is 0 Å². The SMILES string of the molecule is NC(=O)c1ccc(OCc2nnc(-c3cccs3)o2)cc1. The van der Waals surface area contributed by atoms with Gasteiger partial charge in [0.1, 0.15) is 5.75 Å². The Labute approximate surface area is 124 Å². The minimum absolute atomic E-state index is 0.161. The molecule has 0 aliphatic rings. The first-order valence-electron chi connectivity index (χ1n) is 6.11. The number of benzene rings is 1. The normalized spacial score (nSPS) is 10.5. The Bertz CT molecular complexity index is 735. The van der Waals surface area contributed by atoms with Crippen LogP contribution >= 0.6 is 11.3 Å². The summed E-state index contributed by atoms with van der Waals surface area (Å²) in [6, 6.07) is 10.4. The van der Waals surface area contributed by atoms with Gasteiger partial charge in [-0.05, 0) is 35.7 Å². The fraction of sp³-hybridized carbons (Fsp3) is 0.0714. The molecule has 0 saturated heterocycles. The summed E-state index contributed by atoms with van der Waals surface area (Å²) >= 11 is 1.53. The summed E-state index contributed by atoms with van der Waals surface area (Å²) in [6.07, 6.45) is 0. The first kappa shape index (κ1) is 13.3. The molecule has 0 spiro atoms. The van der Waals surface area contributed by atoms with Crippen LogP contribution in [0.25, 0.3) is 10.8 Å². The van der Waals surface area contributed by atoms with Crippen molar-refractivity contribution in [1.29, 1.82) is 0 Å². The monoisotopic (exact) mass is 301 g/mol. The summed E-state index contributed by atoms with van der Waals surface area (Å²) in [5.74, 6) is 0.986. The number of hydrogen-bond donors (Lipinski definition) is 1. The zero-order chi connectivity index (χ0) is 14.7. The highest BCUT2D eigenvalue weighted by molar-refractivity contribution is 7.13. The molecule has 7 heteroatoms. The standard InChI is InChI=1S/C14H11N3O3S/c15-13(18)9-3-5-10(6-4-9)19-8-12-16-17-14(20-12)11-2-1-7-21-11/h1-7H,8H2,(H2,15,18). The van der Waals surface area contributed by atoms with E-state index in [4.69, 9.17) is 14.9 Å². The molecule has 0 atom stereocenters. The molecule has 0 aliphatic heterocycles. The van der Waals surface area contributed by atoms with Crippen molar-refractivity contribution in [3.8, 4) is 16.5 Å². The fourth-order valence-corrected chi connectivity index (χ4v) is 2.32. The Morgan fingerprint density at radius 3 is 2.71 bits per heavy atom. The molecule has 1 aromatic carbocycles. The lowest BCUT2D eigenvalue weighted by molar-refractivity contribution is 0.1000. The van der Waals surface area contributed by atoms with Crippen molar-refractivity contribution in [2.24, 2.45) is 5.73 Å². The molecule has 3 aromatic rings. The number of amides is 1. The number of rotatable bonds is 5. The van der Waals surface area contributed by atoms with Crippen molar-refractivity contribution in [3.63, 3.8) is 0 Å². The molecule has 21 heavy (non-hydrogen) atoms. The summed E-state index contributed by atoms with van der Waals surface area (Å²) in [4.78, 5) is 11.9. The van der Waals surface area contributed by atoms with Crippen LogP contribution in [0.3, 0.4) is 0 Å². The summed E-state index contributed by atoms with van der Waals surface area (Å²) < 4.78 is 11.0. The molecule has 0 radical (unpaired) electrons. The zero-order valence-electron chi connectivity index (χ0n) is 10.9. The van der Waals surface area contributed by atoms with Gasteiger partial charge in [0.15, 0.2) is 6.61 Å². The van der Waals surface area contributed by atoms with Crippen LogP contribution in [0.4, 0.5) is 0 Å². The highest BCUT2D eigenvalue weighted by Gasteiger charge is 2.10. The van der Waals surface area contributed by atoms with Gasteiger partial charge in [0, 0.05) is 5.56 Å². The van der Waals surface area contributed by atoms with Gasteiger partial charge in [0.2, 0.25) is 5.91 Å². The van der Waals surface area contributed by atoms with Gasteiger partial charge < -0.3 is 14.9 Å². The quantitative estimate of drug-likeness (QED) is 0.781. The molecule has 0 unspecified atom stereocenters. The number of carbonyl (C=O) groups excluding carboxylic acids is 1. The van der Waals surface area contributed by atoms with Crippen LogP contribution in [0.5, 0.6) is 5.75 Å². The number of nitrogens with zero attached hydrogens (tertiary/aromatic N) is 2. The maximum Gasteiger partial charge on any atom is 0.257 e. The van der Waals surface area contributed by atoms with Crippen molar-refractivity contribution in [3.05, 3.63) is 53.2 Å². The minimum Gasteiger partial charge on any atom is -0.484 e. The van der Waals surface area contributed by atoms with Crippen LogP contribution in [0, 0.1) is 0 Å². The van der Waals surface area contributed by atoms with Crippen LogP contribution in [-0.4, -0.2) is 16.1 Å². The predicted molar refractivity (Wildman–Crippen MR) is 76.9 cm³/mol. The molecule has 2 heterocycles. The maximum absolute atomic E-state index is 11.0. The van der Waals surface area contributed by atoms with Crippen LogP contribution < -0.4 is 10.5 Å². The minimum atomic E-state index is -0.473. The van der Waals surface area contributed by atoms with E-state index >= 15 is 0 Å². The number of ether oxygens (including phenoxy) is 1. The van der Waals surface area contributed by atoms with Gasteiger partial charge >= 0.3 is 0 Å². The molecule has 2 aromatic heterocycles. The Hall–Kier alpha value is -2.67. The number of carbonyl (C=O) groups is 1. The highest BCUT2D eigenvalue weighted by Crippen LogP contribution is 2.23. The average molecular weight is 301 g/mol. The average Bonchev–Trinajstić information content (AvgIpc) is 3.16. The topological polar surface area (TPSA) is 91.2 Å². The van der Waals surface area contributed by atoms with Crippen molar-refractivity contribution < 1.29 is 13.9 Å². The summed E-state index contributed by atoms with van der Waals surface area (Å²) in [7, 11) is 0. The summed E-state index contributed by atoms with van der Waals surface area (Å²) in [6.45, 7) is 0.161. The molecule has 0 bridgehead atoms. The summed E-state index contributed by atoms with van der Waals surface area (Å²) in [5, 5.41) is 9.83. The predicted octanol–water partition coefficient (Wildman–Crippen LogP) is 2.48. The van der Waals surface area contributed by atoms with E-state index in [0.717, 1.165) is 4.88 Å². The van der Waals surface area contributed by atoms with Gasteiger partial charge in [0.25, 0.3) is 11.8 Å². The van der Waals surface area contributed by atoms with Crippen LogP contribution in [-0.2, 0) is 6.61 Å². The van der Waals surface area contributed by atoms with Gasteiger partial charge in [-0.3, -0.25) is 4.79 Å². The molecule has 3 rings (SSSR count). The number of hydrogen-bond acceptors (Lipinski definition) is 6. The van der Waals surface area contributed by atoms with Gasteiger partial charge in [-0.2, -0.15) is 0 Å². The Kier molecular flexibility index (Phi) is 3.65. The van der Waals surface area contributed by atoms with E-state index in [-0.39, 0.29) is 6.61 Å². The number of nitrogens with two attached hydrogens (primary N) is 1. The molecule has 0 fully saturated rings. The highest BCUT2D eigenvalue weighted by atomic mass is 32.1. The molecule has 1 amide bonds. The second kappa shape index (κ2) is 5.76. The fourth-order valence-electron chi connectivity index (χ4n) is 1.67. The first-order valence-corrected chi connectivity index (χ1v) is 6.99.